The lowest BCUT2D eigenvalue weighted by Gasteiger charge is -2.12. The maximum absolute atomic E-state index is 14.0. The molecule has 1 saturated carbocycles. The van der Waals surface area contributed by atoms with Gasteiger partial charge in [0.15, 0.2) is 23.0 Å². The number of hydrogen-bond donors (Lipinski definition) is 2. The number of ether oxygens (including phenoxy) is 2. The van der Waals surface area contributed by atoms with Crippen molar-refractivity contribution in [3.8, 4) is 23.0 Å². The number of rotatable bonds is 9. The van der Waals surface area contributed by atoms with E-state index in [0.717, 1.165) is 25.0 Å². The van der Waals surface area contributed by atoms with Crippen molar-refractivity contribution in [2.24, 2.45) is 11.7 Å². The highest BCUT2D eigenvalue weighted by Crippen LogP contribution is 2.37. The Bertz CT molecular complexity index is 1200. The largest absolute Gasteiger partial charge is 0.489 e. The molecule has 1 fully saturated rings. The van der Waals surface area contributed by atoms with Crippen molar-refractivity contribution in [1.29, 1.82) is 0 Å². The Morgan fingerprint density at radius 2 is 1.94 bits per heavy atom. The fraction of sp³-hybridized carbons (Fsp3) is 0.304. The summed E-state index contributed by atoms with van der Waals surface area (Å²) in [4.78, 5) is 17.0. The molecule has 3 aromatic rings. The zero-order chi connectivity index (χ0) is 24.4. The summed E-state index contributed by atoms with van der Waals surface area (Å²) in [6.45, 7) is -1.14. The van der Waals surface area contributed by atoms with Crippen LogP contribution in [0.3, 0.4) is 0 Å². The van der Waals surface area contributed by atoms with Gasteiger partial charge in [-0.3, -0.25) is 4.79 Å². The molecule has 0 bridgehead atoms. The van der Waals surface area contributed by atoms with E-state index in [4.69, 9.17) is 14.9 Å². The highest BCUT2D eigenvalue weighted by molar-refractivity contribution is 6.04. The van der Waals surface area contributed by atoms with Gasteiger partial charge in [-0.15, -0.1) is 12.4 Å². The summed E-state index contributed by atoms with van der Waals surface area (Å²) < 4.78 is 68.5. The molecule has 3 N–H and O–H groups in total. The van der Waals surface area contributed by atoms with Crippen LogP contribution in [-0.4, -0.2) is 24.1 Å². The Balaban J connectivity index is 0.00000342. The van der Waals surface area contributed by atoms with Crippen LogP contribution in [0.5, 0.6) is 11.5 Å². The molecule has 1 amide bonds. The van der Waals surface area contributed by atoms with E-state index in [9.17, 15) is 22.4 Å². The van der Waals surface area contributed by atoms with Gasteiger partial charge in [-0.05, 0) is 56.0 Å². The first kappa shape index (κ1) is 26.3. The standard InChI is InChI=1S/C23H21F4N3O4.ClH/c1-11(28)20-19(21(31)29-16-6-5-14(24)9-15(16)25)30-22(34-20)13-4-7-17(33-23(26)27)18(8-13)32-10-12-2-3-12;/h4-9,11-12,23H,2-3,10,28H2,1H3,(H,29,31);1H. The van der Waals surface area contributed by atoms with Gasteiger partial charge in [-0.1, -0.05) is 0 Å². The normalized spacial score (nSPS) is 13.8. The second-order valence-corrected chi connectivity index (χ2v) is 7.89. The number of nitrogens with zero attached hydrogens (tertiary/aromatic N) is 1. The topological polar surface area (TPSA) is 99.6 Å². The molecule has 12 heteroatoms. The number of carbonyl (C=O) groups excluding carboxylic acids is 1. The van der Waals surface area contributed by atoms with E-state index in [1.54, 1.807) is 6.92 Å². The number of nitrogens with one attached hydrogen (secondary N) is 1. The van der Waals surface area contributed by atoms with Crippen LogP contribution in [0.15, 0.2) is 40.8 Å². The molecule has 1 unspecified atom stereocenters. The van der Waals surface area contributed by atoms with E-state index in [0.29, 0.717) is 24.2 Å². The summed E-state index contributed by atoms with van der Waals surface area (Å²) in [6, 6.07) is 6.05. The van der Waals surface area contributed by atoms with Crippen molar-refractivity contribution in [2.45, 2.75) is 32.4 Å². The first-order valence-electron chi connectivity index (χ1n) is 10.5. The number of alkyl halides is 2. The van der Waals surface area contributed by atoms with Crippen LogP contribution in [0.25, 0.3) is 11.5 Å². The monoisotopic (exact) mass is 515 g/mol. The molecule has 4 rings (SSSR count). The molecule has 2 aromatic carbocycles. The number of oxazole rings is 1. The van der Waals surface area contributed by atoms with E-state index < -0.39 is 30.2 Å². The summed E-state index contributed by atoms with van der Waals surface area (Å²) in [6.07, 6.45) is 1.99. The maximum atomic E-state index is 14.0. The Morgan fingerprint density at radius 1 is 1.20 bits per heavy atom. The van der Waals surface area contributed by atoms with Gasteiger partial charge in [-0.25, -0.2) is 13.8 Å². The van der Waals surface area contributed by atoms with E-state index in [1.165, 1.54) is 18.2 Å². The minimum absolute atomic E-state index is 0. The maximum Gasteiger partial charge on any atom is 0.387 e. The summed E-state index contributed by atoms with van der Waals surface area (Å²) >= 11 is 0. The fourth-order valence-electron chi connectivity index (χ4n) is 3.14. The molecular weight excluding hydrogens is 494 g/mol. The number of benzene rings is 2. The average Bonchev–Trinajstić information content (AvgIpc) is 3.49. The van der Waals surface area contributed by atoms with Crippen LogP contribution >= 0.6 is 12.4 Å². The second-order valence-electron chi connectivity index (χ2n) is 7.89. The third-order valence-corrected chi connectivity index (χ3v) is 5.04. The molecule has 1 aromatic heterocycles. The number of carbonyl (C=O) groups is 1. The van der Waals surface area contributed by atoms with Gasteiger partial charge in [0, 0.05) is 11.6 Å². The molecule has 0 aliphatic heterocycles. The van der Waals surface area contributed by atoms with E-state index >= 15 is 0 Å². The highest BCUT2D eigenvalue weighted by atomic mass is 35.5. The SMILES string of the molecule is CC(N)c1oc(-c2ccc(OC(F)F)c(OCC3CC3)c2)nc1C(=O)Nc1ccc(F)cc1F.Cl. The van der Waals surface area contributed by atoms with Gasteiger partial charge < -0.3 is 24.9 Å². The molecule has 35 heavy (non-hydrogen) atoms. The zero-order valence-corrected chi connectivity index (χ0v) is 19.2. The van der Waals surface area contributed by atoms with Crippen LogP contribution in [-0.2, 0) is 0 Å². The van der Waals surface area contributed by atoms with E-state index in [1.807, 2.05) is 0 Å². The molecule has 1 aliphatic rings. The fourth-order valence-corrected chi connectivity index (χ4v) is 3.14. The van der Waals surface area contributed by atoms with Crippen molar-refractivity contribution in [1.82, 2.24) is 4.98 Å². The second kappa shape index (κ2) is 11.0. The van der Waals surface area contributed by atoms with Crippen LogP contribution in [0, 0.1) is 17.6 Å². The summed E-state index contributed by atoms with van der Waals surface area (Å²) in [7, 11) is 0. The molecular formula is C23H22ClF4N3O4. The smallest absolute Gasteiger partial charge is 0.387 e. The molecule has 0 saturated heterocycles. The molecule has 1 aliphatic carbocycles. The summed E-state index contributed by atoms with van der Waals surface area (Å²) in [5, 5.41) is 2.31. The van der Waals surface area contributed by atoms with Gasteiger partial charge >= 0.3 is 6.61 Å². The minimum Gasteiger partial charge on any atom is -0.489 e. The van der Waals surface area contributed by atoms with Crippen LogP contribution in [0.1, 0.15) is 42.1 Å². The van der Waals surface area contributed by atoms with Gasteiger partial charge in [0.05, 0.1) is 18.3 Å². The summed E-state index contributed by atoms with van der Waals surface area (Å²) in [5.41, 5.74) is 5.78. The Kier molecular flexibility index (Phi) is 8.23. The third kappa shape index (κ3) is 6.43. The quantitative estimate of drug-likeness (QED) is 0.354. The van der Waals surface area contributed by atoms with Gasteiger partial charge in [0.1, 0.15) is 11.6 Å². The van der Waals surface area contributed by atoms with Gasteiger partial charge in [0.25, 0.3) is 5.91 Å². The molecule has 1 atom stereocenters. The molecule has 0 spiro atoms. The molecule has 0 radical (unpaired) electrons. The highest BCUT2D eigenvalue weighted by Gasteiger charge is 2.26. The lowest BCUT2D eigenvalue weighted by molar-refractivity contribution is -0.0515. The first-order chi connectivity index (χ1) is 16.2. The lowest BCUT2D eigenvalue weighted by Crippen LogP contribution is -2.18. The Morgan fingerprint density at radius 3 is 2.57 bits per heavy atom. The Labute approximate surface area is 204 Å². The van der Waals surface area contributed by atoms with Crippen molar-refractivity contribution < 1.29 is 36.2 Å². The average molecular weight is 516 g/mol. The molecule has 188 valence electrons. The van der Waals surface area contributed by atoms with Crippen molar-refractivity contribution in [2.75, 3.05) is 11.9 Å². The van der Waals surface area contributed by atoms with Crippen LogP contribution in [0.2, 0.25) is 0 Å². The number of hydrogen-bond acceptors (Lipinski definition) is 6. The number of nitrogens with two attached hydrogens (primary N) is 1. The van der Waals surface area contributed by atoms with Crippen molar-refractivity contribution in [3.63, 3.8) is 0 Å². The minimum atomic E-state index is -3.04. The van der Waals surface area contributed by atoms with Crippen LogP contribution < -0.4 is 20.5 Å². The third-order valence-electron chi connectivity index (χ3n) is 5.04. The number of amides is 1. The zero-order valence-electron chi connectivity index (χ0n) is 18.4. The van der Waals surface area contributed by atoms with E-state index in [2.05, 4.69) is 15.0 Å². The van der Waals surface area contributed by atoms with Crippen molar-refractivity contribution in [3.05, 3.63) is 59.5 Å². The van der Waals surface area contributed by atoms with Crippen LogP contribution in [0.4, 0.5) is 23.2 Å². The lowest BCUT2D eigenvalue weighted by atomic mass is 10.2. The predicted molar refractivity (Wildman–Crippen MR) is 121 cm³/mol. The summed E-state index contributed by atoms with van der Waals surface area (Å²) in [5.74, 6) is -2.32. The number of halogens is 5. The Hall–Kier alpha value is -3.31. The van der Waals surface area contributed by atoms with E-state index in [-0.39, 0.29) is 46.9 Å². The molecule has 7 nitrogen and oxygen atoms in total. The van der Waals surface area contributed by atoms with Gasteiger partial charge in [0.2, 0.25) is 5.89 Å². The first-order valence-corrected chi connectivity index (χ1v) is 10.5. The van der Waals surface area contributed by atoms with Gasteiger partial charge in [-0.2, -0.15) is 8.78 Å². The number of anilines is 1. The van der Waals surface area contributed by atoms with Crippen molar-refractivity contribution >= 4 is 24.0 Å². The predicted octanol–water partition coefficient (Wildman–Crippen LogP) is 5.70. The molecule has 1 heterocycles. The number of aromatic nitrogens is 1.